The fraction of sp³-hybridized carbons (Fsp3) is 0.900. The van der Waals surface area contributed by atoms with Gasteiger partial charge in [-0.15, -0.1) is 0 Å². The largest absolute Gasteiger partial charge is 0.459 e. The Morgan fingerprint density at radius 2 is 2.07 bits per heavy atom. The second-order valence-corrected chi connectivity index (χ2v) is 5.54. The molecule has 1 fully saturated rings. The van der Waals surface area contributed by atoms with Crippen LogP contribution in [0.2, 0.25) is 0 Å². The third kappa shape index (κ3) is 3.17. The van der Waals surface area contributed by atoms with E-state index >= 15 is 0 Å². The Bertz CT molecular complexity index is 206. The second kappa shape index (κ2) is 5.03. The highest BCUT2D eigenvalue weighted by Crippen LogP contribution is 2.19. The quantitative estimate of drug-likeness (QED) is 0.705. The van der Waals surface area contributed by atoms with Gasteiger partial charge in [0.05, 0.1) is 11.9 Å². The summed E-state index contributed by atoms with van der Waals surface area (Å²) in [6.07, 6.45) is -0.000926. The predicted octanol–water partition coefficient (Wildman–Crippen LogP) is 0.599. The van der Waals surface area contributed by atoms with Crippen LogP contribution in [0.1, 0.15) is 27.7 Å². The zero-order chi connectivity index (χ0) is 10.7. The summed E-state index contributed by atoms with van der Waals surface area (Å²) in [5, 5.41) is 2.65. The maximum absolute atomic E-state index is 11.6. The summed E-state index contributed by atoms with van der Waals surface area (Å²) >= 11 is 1.86. The van der Waals surface area contributed by atoms with Crippen molar-refractivity contribution < 1.29 is 14.8 Å². The van der Waals surface area contributed by atoms with Gasteiger partial charge < -0.3 is 10.1 Å². The van der Waals surface area contributed by atoms with Crippen LogP contribution in [-0.2, 0) is 9.53 Å². The molecule has 1 rings (SSSR count). The number of thioether (sulfide) groups is 1. The Labute approximate surface area is 90.0 Å². The van der Waals surface area contributed by atoms with Crippen molar-refractivity contribution in [3.63, 3.8) is 0 Å². The molecule has 0 aromatic heterocycles. The summed E-state index contributed by atoms with van der Waals surface area (Å²) in [5.74, 6) is 1.43. The molecular weight excluding hydrogens is 198 g/mol. The number of hydrogen-bond donors (Lipinski definition) is 1. The van der Waals surface area contributed by atoms with E-state index in [1.807, 2.05) is 25.6 Å². The highest BCUT2D eigenvalue weighted by molar-refractivity contribution is 7.99. The van der Waals surface area contributed by atoms with Crippen molar-refractivity contribution in [1.82, 2.24) is 0 Å². The average molecular weight is 218 g/mol. The molecule has 0 aromatic rings. The lowest BCUT2D eigenvalue weighted by molar-refractivity contribution is -0.684. The van der Waals surface area contributed by atoms with Crippen LogP contribution in [0.5, 0.6) is 0 Å². The summed E-state index contributed by atoms with van der Waals surface area (Å²) in [6.45, 7) is 8.15. The Morgan fingerprint density at radius 1 is 1.43 bits per heavy atom. The molecule has 1 aliphatic rings. The minimum Gasteiger partial charge on any atom is -0.459 e. The zero-order valence-corrected chi connectivity index (χ0v) is 10.1. The van der Waals surface area contributed by atoms with Crippen molar-refractivity contribution in [3.8, 4) is 0 Å². The lowest BCUT2D eigenvalue weighted by Gasteiger charge is -2.13. The first-order valence-corrected chi connectivity index (χ1v) is 6.22. The van der Waals surface area contributed by atoms with Gasteiger partial charge in [-0.3, -0.25) is 0 Å². The lowest BCUT2D eigenvalue weighted by Crippen LogP contribution is -2.94. The van der Waals surface area contributed by atoms with Gasteiger partial charge in [0.2, 0.25) is 0 Å². The number of nitrogens with two attached hydrogens (primary N) is 1. The Morgan fingerprint density at radius 3 is 2.50 bits per heavy atom. The van der Waals surface area contributed by atoms with Crippen LogP contribution in [0, 0.1) is 5.92 Å². The molecule has 2 atom stereocenters. The summed E-state index contributed by atoms with van der Waals surface area (Å²) in [4.78, 5) is 11.6. The van der Waals surface area contributed by atoms with E-state index in [1.165, 1.54) is 0 Å². The highest BCUT2D eigenvalue weighted by atomic mass is 32.2. The van der Waals surface area contributed by atoms with Gasteiger partial charge in [-0.25, -0.2) is 4.79 Å². The number of esters is 1. The summed E-state index contributed by atoms with van der Waals surface area (Å²) in [6, 6.07) is 0.00907. The van der Waals surface area contributed by atoms with E-state index in [4.69, 9.17) is 4.74 Å². The number of carbonyl (C=O) groups excluding carboxylic acids is 1. The number of quaternary nitrogens is 1. The van der Waals surface area contributed by atoms with Crippen molar-refractivity contribution in [3.05, 3.63) is 0 Å². The summed E-state index contributed by atoms with van der Waals surface area (Å²) in [5.41, 5.74) is 0. The maximum atomic E-state index is 11.6. The van der Waals surface area contributed by atoms with E-state index in [0.717, 1.165) is 5.75 Å². The van der Waals surface area contributed by atoms with E-state index in [-0.39, 0.29) is 18.1 Å². The van der Waals surface area contributed by atoms with Crippen molar-refractivity contribution in [2.75, 3.05) is 5.75 Å². The second-order valence-electron chi connectivity index (χ2n) is 4.33. The van der Waals surface area contributed by atoms with Gasteiger partial charge in [0.25, 0.3) is 0 Å². The van der Waals surface area contributed by atoms with Crippen molar-refractivity contribution in [1.29, 1.82) is 0 Å². The van der Waals surface area contributed by atoms with E-state index in [9.17, 15) is 4.79 Å². The molecule has 0 radical (unpaired) electrons. The van der Waals surface area contributed by atoms with Crippen LogP contribution in [0.4, 0.5) is 0 Å². The molecule has 1 heterocycles. The van der Waals surface area contributed by atoms with E-state index in [2.05, 4.69) is 19.2 Å². The molecule has 0 spiro atoms. The van der Waals surface area contributed by atoms with Crippen molar-refractivity contribution in [2.45, 2.75) is 45.2 Å². The molecule has 82 valence electrons. The molecule has 14 heavy (non-hydrogen) atoms. The molecule has 0 aliphatic carbocycles. The van der Waals surface area contributed by atoms with E-state index in [1.54, 1.807) is 0 Å². The summed E-state index contributed by atoms with van der Waals surface area (Å²) in [7, 11) is 0. The lowest BCUT2D eigenvalue weighted by atomic mass is 10.2. The predicted molar refractivity (Wildman–Crippen MR) is 58.0 cm³/mol. The Balaban J connectivity index is 2.38. The summed E-state index contributed by atoms with van der Waals surface area (Å²) < 4.78 is 5.18. The Kier molecular flexibility index (Phi) is 4.26. The topological polar surface area (TPSA) is 42.9 Å². The van der Waals surface area contributed by atoms with Crippen LogP contribution >= 0.6 is 11.8 Å². The molecule has 4 heteroatoms. The fourth-order valence-corrected chi connectivity index (χ4v) is 2.80. The number of hydrogen-bond acceptors (Lipinski definition) is 3. The molecule has 0 amide bonds. The van der Waals surface area contributed by atoms with Crippen molar-refractivity contribution in [2.24, 2.45) is 5.92 Å². The van der Waals surface area contributed by atoms with Gasteiger partial charge in [0.15, 0.2) is 6.04 Å². The van der Waals surface area contributed by atoms with Crippen LogP contribution in [-0.4, -0.2) is 29.2 Å². The maximum Gasteiger partial charge on any atom is 0.366 e. The monoisotopic (exact) mass is 218 g/mol. The fourth-order valence-electron chi connectivity index (χ4n) is 1.44. The Hall–Kier alpha value is -0.220. The molecule has 0 bridgehead atoms. The number of ether oxygens (including phenoxy) is 1. The molecule has 3 nitrogen and oxygen atoms in total. The van der Waals surface area contributed by atoms with Crippen LogP contribution < -0.4 is 5.32 Å². The standard InChI is InChI=1S/C10H19NO2S/c1-6(2)9-11-8(5-14-9)10(12)13-7(3)4/h6-9,11H,5H2,1-4H3/p+1/t8-,9-/m1/s1. The van der Waals surface area contributed by atoms with Gasteiger partial charge in [-0.1, -0.05) is 25.6 Å². The van der Waals surface area contributed by atoms with Crippen LogP contribution in [0.25, 0.3) is 0 Å². The molecule has 0 aromatic carbocycles. The highest BCUT2D eigenvalue weighted by Gasteiger charge is 2.36. The van der Waals surface area contributed by atoms with Gasteiger partial charge in [0.1, 0.15) is 5.37 Å². The van der Waals surface area contributed by atoms with Crippen molar-refractivity contribution >= 4 is 17.7 Å². The minimum absolute atomic E-state index is 0.000926. The first-order chi connectivity index (χ1) is 6.50. The van der Waals surface area contributed by atoms with Gasteiger partial charge in [-0.05, 0) is 13.8 Å². The van der Waals surface area contributed by atoms with Gasteiger partial charge >= 0.3 is 5.97 Å². The number of carbonyl (C=O) groups is 1. The molecular formula is C10H20NO2S+. The first-order valence-electron chi connectivity index (χ1n) is 5.17. The van der Waals surface area contributed by atoms with Crippen LogP contribution in [0.15, 0.2) is 0 Å². The molecule has 0 saturated carbocycles. The van der Waals surface area contributed by atoms with Crippen LogP contribution in [0.3, 0.4) is 0 Å². The smallest absolute Gasteiger partial charge is 0.366 e. The molecule has 1 saturated heterocycles. The number of rotatable bonds is 3. The average Bonchev–Trinajstić information content (AvgIpc) is 2.50. The normalized spacial score (nSPS) is 27.3. The third-order valence-corrected chi connectivity index (χ3v) is 3.84. The minimum atomic E-state index is -0.0596. The molecule has 2 N–H and O–H groups in total. The zero-order valence-electron chi connectivity index (χ0n) is 9.32. The van der Waals surface area contributed by atoms with E-state index in [0.29, 0.717) is 11.3 Å². The van der Waals surface area contributed by atoms with Gasteiger partial charge in [-0.2, -0.15) is 0 Å². The van der Waals surface area contributed by atoms with Gasteiger partial charge in [0, 0.05) is 5.92 Å². The van der Waals surface area contributed by atoms with E-state index < -0.39 is 0 Å². The third-order valence-electron chi connectivity index (χ3n) is 2.20. The SMILES string of the molecule is CC(C)OC(=O)[C@H]1CS[C@H](C(C)C)[NH2+]1. The molecule has 1 aliphatic heterocycles. The molecule has 0 unspecified atom stereocenters. The first kappa shape index (κ1) is 11.9.